The first-order valence-corrected chi connectivity index (χ1v) is 9.48. The molecule has 0 unspecified atom stereocenters. The number of hydrogen-bond donors (Lipinski definition) is 1. The van der Waals surface area contributed by atoms with Crippen molar-refractivity contribution in [3.63, 3.8) is 0 Å². The van der Waals surface area contributed by atoms with E-state index >= 15 is 0 Å². The molecule has 160 valence electrons. The molecule has 0 aliphatic heterocycles. The SMILES string of the molecule is CC1=C/C(=C(/c2cc(C)c(O)c(C(=O)[O-])c2)c2c(Cl)cccc2Cl)C=C([C-]=O)C1=O.[Na+].[Na+].[OH-]. The van der Waals surface area contributed by atoms with Crippen LogP contribution in [0.25, 0.3) is 5.57 Å². The number of aryl methyl sites for hydroxylation is 1. The third-order valence-corrected chi connectivity index (χ3v) is 5.33. The third kappa shape index (κ3) is 6.48. The van der Waals surface area contributed by atoms with Gasteiger partial charge in [0.25, 0.3) is 0 Å². The minimum Gasteiger partial charge on any atom is -0.870 e. The Morgan fingerprint density at radius 3 is 2.15 bits per heavy atom. The van der Waals surface area contributed by atoms with Gasteiger partial charge in [-0.1, -0.05) is 46.5 Å². The molecule has 1 aliphatic carbocycles. The number of Topliss-reactive ketones (excluding diaryl/α,β-unsaturated/α-hetero) is 1. The van der Waals surface area contributed by atoms with Crippen molar-refractivity contribution in [3.8, 4) is 5.75 Å². The van der Waals surface area contributed by atoms with Crippen molar-refractivity contribution in [2.45, 2.75) is 13.8 Å². The number of aromatic hydroxyl groups is 1. The molecule has 1 aliphatic rings. The molecule has 0 spiro atoms. The topological polar surface area (TPSA) is 124 Å². The van der Waals surface area contributed by atoms with Crippen molar-refractivity contribution >= 4 is 46.8 Å². The van der Waals surface area contributed by atoms with Crippen LogP contribution in [0, 0.1) is 6.92 Å². The zero-order valence-electron chi connectivity index (χ0n) is 18.3. The van der Waals surface area contributed by atoms with Crippen molar-refractivity contribution in [1.29, 1.82) is 0 Å². The standard InChI is InChI=1S/C23H15Cl2O5.2Na.H2O/c1-11-6-13(8-15(10-26)21(11)27)19(20-17(24)4-3-5-18(20)25)14-7-12(2)22(28)16(9-14)23(29)30;;;/h3-9,28H,1-2H3,(H,29,30);;;1H2/q-1;2*+1;/p-2/b19-13+;;;. The number of allylic oxidation sites excluding steroid dienone is 5. The minimum atomic E-state index is -1.56. The van der Waals surface area contributed by atoms with Crippen molar-refractivity contribution in [1.82, 2.24) is 0 Å². The Morgan fingerprint density at radius 1 is 1.06 bits per heavy atom. The van der Waals surface area contributed by atoms with Gasteiger partial charge < -0.3 is 30.1 Å². The number of carboxylic acids is 1. The molecule has 0 heterocycles. The quantitative estimate of drug-likeness (QED) is 0.281. The van der Waals surface area contributed by atoms with E-state index in [2.05, 4.69) is 0 Å². The number of ketones is 1. The maximum atomic E-state index is 12.2. The summed E-state index contributed by atoms with van der Waals surface area (Å²) in [5.74, 6) is -2.44. The van der Waals surface area contributed by atoms with Gasteiger partial charge in [-0.15, -0.1) is 11.6 Å². The molecular weight excluding hydrogens is 489 g/mol. The van der Waals surface area contributed by atoms with E-state index in [4.69, 9.17) is 23.2 Å². The number of hydrogen-bond acceptors (Lipinski definition) is 6. The maximum absolute atomic E-state index is 12.2. The summed E-state index contributed by atoms with van der Waals surface area (Å²) in [5, 5.41) is 22.2. The molecule has 2 aromatic rings. The van der Waals surface area contributed by atoms with Crippen LogP contribution in [-0.2, 0) is 9.59 Å². The van der Waals surface area contributed by atoms with E-state index in [-0.39, 0.29) is 85.8 Å². The van der Waals surface area contributed by atoms with Gasteiger partial charge in [-0.25, -0.2) is 0 Å². The van der Waals surface area contributed by atoms with Crippen molar-refractivity contribution in [2.75, 3.05) is 0 Å². The van der Waals surface area contributed by atoms with Crippen LogP contribution in [0.3, 0.4) is 0 Å². The van der Waals surface area contributed by atoms with Gasteiger partial charge >= 0.3 is 59.1 Å². The number of halogens is 2. The number of aromatic carboxylic acids is 1. The van der Waals surface area contributed by atoms with Crippen molar-refractivity contribution in [2.24, 2.45) is 0 Å². The second kappa shape index (κ2) is 13.0. The molecule has 0 fully saturated rings. The average Bonchev–Trinajstić information content (AvgIpc) is 2.69. The Bertz CT molecular complexity index is 1200. The molecule has 0 atom stereocenters. The van der Waals surface area contributed by atoms with Gasteiger partial charge in [0.15, 0.2) is 0 Å². The van der Waals surface area contributed by atoms with Crippen LogP contribution in [0.2, 0.25) is 10.0 Å². The zero-order chi connectivity index (χ0) is 22.2. The molecule has 3 rings (SSSR count). The minimum absolute atomic E-state index is 0. The van der Waals surface area contributed by atoms with Crippen LogP contribution < -0.4 is 64.2 Å². The Kier molecular flexibility index (Phi) is 12.6. The van der Waals surface area contributed by atoms with E-state index in [1.165, 1.54) is 19.1 Å². The van der Waals surface area contributed by atoms with Gasteiger partial charge in [-0.2, -0.15) is 0 Å². The second-order valence-electron chi connectivity index (χ2n) is 6.72. The van der Waals surface area contributed by atoms with Gasteiger partial charge in [-0.3, -0.25) is 0 Å². The first kappa shape index (κ1) is 31.8. The van der Waals surface area contributed by atoms with Gasteiger partial charge in [0.2, 0.25) is 0 Å². The van der Waals surface area contributed by atoms with E-state index in [0.717, 1.165) is 0 Å². The van der Waals surface area contributed by atoms with E-state index in [1.54, 1.807) is 43.6 Å². The van der Waals surface area contributed by atoms with E-state index in [1.807, 2.05) is 0 Å². The molecule has 0 saturated carbocycles. The normalized spacial score (nSPS) is 14.0. The fourth-order valence-electron chi connectivity index (χ4n) is 3.27. The van der Waals surface area contributed by atoms with Gasteiger partial charge in [0.05, 0.1) is 18.0 Å². The van der Waals surface area contributed by atoms with Gasteiger partial charge in [0.1, 0.15) is 5.75 Å². The van der Waals surface area contributed by atoms with Crippen LogP contribution in [0.1, 0.15) is 34.0 Å². The number of benzene rings is 2. The van der Waals surface area contributed by atoms with Gasteiger partial charge in [-0.05, 0) is 54.8 Å². The van der Waals surface area contributed by atoms with E-state index in [9.17, 15) is 24.6 Å². The number of carbonyl (C=O) groups excluding carboxylic acids is 3. The van der Waals surface area contributed by atoms with Crippen LogP contribution >= 0.6 is 23.2 Å². The predicted molar refractivity (Wildman–Crippen MR) is 114 cm³/mol. The van der Waals surface area contributed by atoms with Crippen molar-refractivity contribution in [3.05, 3.63) is 91.5 Å². The number of rotatable bonds is 4. The third-order valence-electron chi connectivity index (χ3n) is 4.70. The van der Waals surface area contributed by atoms with Crippen LogP contribution in [0.4, 0.5) is 0 Å². The summed E-state index contributed by atoms with van der Waals surface area (Å²) in [6.07, 6.45) is 4.53. The molecule has 33 heavy (non-hydrogen) atoms. The summed E-state index contributed by atoms with van der Waals surface area (Å²) in [6.45, 7) is 3.08. The molecule has 6 nitrogen and oxygen atoms in total. The van der Waals surface area contributed by atoms with Crippen LogP contribution in [0.5, 0.6) is 5.75 Å². The number of phenols is 1. The monoisotopic (exact) mass is 503 g/mol. The first-order chi connectivity index (χ1) is 14.1. The largest absolute Gasteiger partial charge is 1.00 e. The molecule has 0 amide bonds. The Hall–Kier alpha value is -1.19. The summed E-state index contributed by atoms with van der Waals surface area (Å²) in [5.41, 5.74) is 1.52. The fraction of sp³-hybridized carbons (Fsp3) is 0.0870. The molecule has 2 N–H and O–H groups in total. The number of carbonyl (C=O) groups is 2. The average molecular weight is 504 g/mol. The number of carboxylic acid groups (broad SMARTS) is 1. The smallest absolute Gasteiger partial charge is 0.870 e. The molecule has 0 saturated heterocycles. The Balaban J connectivity index is 0.00000341. The van der Waals surface area contributed by atoms with Crippen LogP contribution in [-0.4, -0.2) is 28.6 Å². The molecule has 0 bridgehead atoms. The molecule has 10 heteroatoms. The summed E-state index contributed by atoms with van der Waals surface area (Å²) < 4.78 is 0. The maximum Gasteiger partial charge on any atom is 1.00 e. The molecular formula is C23H15Cl2Na2O6-. The van der Waals surface area contributed by atoms with E-state index < -0.39 is 23.1 Å². The summed E-state index contributed by atoms with van der Waals surface area (Å²) in [7, 11) is 0. The zero-order valence-corrected chi connectivity index (χ0v) is 23.8. The molecule has 2 aromatic carbocycles. The molecule has 0 radical (unpaired) electrons. The first-order valence-electron chi connectivity index (χ1n) is 8.72. The second-order valence-corrected chi connectivity index (χ2v) is 7.53. The summed E-state index contributed by atoms with van der Waals surface area (Å²) in [4.78, 5) is 35.0. The Morgan fingerprint density at radius 2 is 1.64 bits per heavy atom. The fourth-order valence-corrected chi connectivity index (χ4v) is 3.85. The van der Waals surface area contributed by atoms with Crippen LogP contribution in [0.15, 0.2) is 59.2 Å². The molecule has 0 aromatic heterocycles. The van der Waals surface area contributed by atoms with E-state index in [0.29, 0.717) is 27.8 Å². The predicted octanol–water partition coefficient (Wildman–Crippen LogP) is -2.43. The van der Waals surface area contributed by atoms with Crippen molar-refractivity contribution < 1.29 is 89.2 Å². The van der Waals surface area contributed by atoms with Gasteiger partial charge in [0, 0.05) is 21.2 Å². The summed E-state index contributed by atoms with van der Waals surface area (Å²) in [6, 6.07) is 7.66. The summed E-state index contributed by atoms with van der Waals surface area (Å²) >= 11 is 12.8. The Labute approximate surface area is 244 Å².